The summed E-state index contributed by atoms with van der Waals surface area (Å²) in [5, 5.41) is 6.83. The molecule has 2 fully saturated rings. The van der Waals surface area contributed by atoms with E-state index in [0.717, 1.165) is 51.2 Å². The maximum Gasteiger partial charge on any atom is 0.230 e. The van der Waals surface area contributed by atoms with Crippen LogP contribution >= 0.6 is 0 Å². The zero-order valence-corrected chi connectivity index (χ0v) is 17.9. The van der Waals surface area contributed by atoms with Crippen molar-refractivity contribution in [1.29, 1.82) is 0 Å². The number of carbonyl (C=O) groups is 1. The Balaban J connectivity index is 1.71. The lowest BCUT2D eigenvalue weighted by atomic mass is 9.84. The lowest BCUT2D eigenvalue weighted by Crippen LogP contribution is -2.49. The van der Waals surface area contributed by atoms with Crippen LogP contribution in [0.2, 0.25) is 0 Å². The van der Waals surface area contributed by atoms with Crippen LogP contribution < -0.4 is 10.6 Å². The van der Waals surface area contributed by atoms with Crippen molar-refractivity contribution in [2.24, 2.45) is 10.4 Å². The van der Waals surface area contributed by atoms with Gasteiger partial charge in [0, 0.05) is 47.3 Å². The predicted octanol–water partition coefficient (Wildman–Crippen LogP) is 0.828. The topological polar surface area (TPSA) is 63.2 Å². The average Bonchev–Trinajstić information content (AvgIpc) is 3.04. The molecule has 1 amide bonds. The molecule has 1 aliphatic carbocycles. The lowest BCUT2D eigenvalue weighted by Gasteiger charge is -2.31. The van der Waals surface area contributed by atoms with Crippen molar-refractivity contribution in [3.8, 4) is 0 Å². The first kappa shape index (κ1) is 22.0. The van der Waals surface area contributed by atoms with Crippen molar-refractivity contribution in [3.63, 3.8) is 0 Å². The standard InChI is InChI=1S/C20H40N6O/c1-21-19(22-11-7-13-26-14-8-12-25(4)15-16-26)23-17-20(9-5-6-10-20)18(27)24(2)3/h5-17H2,1-4H3,(H2,21,22,23). The van der Waals surface area contributed by atoms with Crippen molar-refractivity contribution in [1.82, 2.24) is 25.3 Å². The lowest BCUT2D eigenvalue weighted by molar-refractivity contribution is -0.138. The van der Waals surface area contributed by atoms with Gasteiger partial charge in [-0.3, -0.25) is 9.79 Å². The molecule has 0 bridgehead atoms. The molecule has 7 nitrogen and oxygen atoms in total. The fourth-order valence-electron chi connectivity index (χ4n) is 4.30. The van der Waals surface area contributed by atoms with Crippen molar-refractivity contribution in [2.75, 3.05) is 74.0 Å². The Morgan fingerprint density at radius 3 is 2.48 bits per heavy atom. The molecule has 0 atom stereocenters. The van der Waals surface area contributed by atoms with Crippen LogP contribution in [0.4, 0.5) is 0 Å². The summed E-state index contributed by atoms with van der Waals surface area (Å²) in [5.74, 6) is 1.05. The second kappa shape index (κ2) is 10.9. The van der Waals surface area contributed by atoms with Gasteiger partial charge in [0.05, 0.1) is 5.41 Å². The van der Waals surface area contributed by atoms with Gasteiger partial charge in [0.25, 0.3) is 0 Å². The molecule has 27 heavy (non-hydrogen) atoms. The highest BCUT2D eigenvalue weighted by atomic mass is 16.2. The van der Waals surface area contributed by atoms with E-state index in [-0.39, 0.29) is 11.3 Å². The van der Waals surface area contributed by atoms with E-state index in [2.05, 4.69) is 32.5 Å². The molecule has 0 aromatic rings. The first-order valence-electron chi connectivity index (χ1n) is 10.5. The van der Waals surface area contributed by atoms with Crippen molar-refractivity contribution in [3.05, 3.63) is 0 Å². The monoisotopic (exact) mass is 380 g/mol. The van der Waals surface area contributed by atoms with E-state index in [1.807, 2.05) is 14.1 Å². The summed E-state index contributed by atoms with van der Waals surface area (Å²) >= 11 is 0. The molecule has 0 aromatic heterocycles. The summed E-state index contributed by atoms with van der Waals surface area (Å²) in [6.07, 6.45) is 6.58. The van der Waals surface area contributed by atoms with Gasteiger partial charge in [-0.1, -0.05) is 12.8 Å². The molecule has 2 aliphatic rings. The Bertz CT molecular complexity index is 487. The minimum Gasteiger partial charge on any atom is -0.356 e. The van der Waals surface area contributed by atoms with E-state index < -0.39 is 0 Å². The highest BCUT2D eigenvalue weighted by molar-refractivity contribution is 5.85. The molecule has 7 heteroatoms. The zero-order valence-electron chi connectivity index (χ0n) is 17.9. The van der Waals surface area contributed by atoms with E-state index in [9.17, 15) is 4.79 Å². The van der Waals surface area contributed by atoms with Gasteiger partial charge in [0.15, 0.2) is 5.96 Å². The summed E-state index contributed by atoms with van der Waals surface area (Å²) in [4.78, 5) is 23.7. The Labute approximate surface area is 165 Å². The highest BCUT2D eigenvalue weighted by Gasteiger charge is 2.42. The van der Waals surface area contributed by atoms with Crippen LogP contribution in [0.5, 0.6) is 0 Å². The molecule has 1 heterocycles. The zero-order chi connectivity index (χ0) is 19.7. The third-order valence-corrected chi connectivity index (χ3v) is 5.99. The number of hydrogen-bond donors (Lipinski definition) is 2. The summed E-state index contributed by atoms with van der Waals surface area (Å²) in [6.45, 7) is 7.44. The van der Waals surface area contributed by atoms with Crippen LogP contribution in [0.1, 0.15) is 38.5 Å². The number of likely N-dealkylation sites (N-methyl/N-ethyl adjacent to an activating group) is 1. The molecule has 0 spiro atoms. The predicted molar refractivity (Wildman–Crippen MR) is 112 cm³/mol. The van der Waals surface area contributed by atoms with Crippen LogP contribution in [0.15, 0.2) is 4.99 Å². The minimum absolute atomic E-state index is 0.245. The van der Waals surface area contributed by atoms with Gasteiger partial charge in [0.2, 0.25) is 5.91 Å². The maximum absolute atomic E-state index is 12.7. The molecule has 1 saturated carbocycles. The molecule has 2 N–H and O–H groups in total. The second-order valence-electron chi connectivity index (χ2n) is 8.39. The third kappa shape index (κ3) is 6.64. The first-order valence-corrected chi connectivity index (χ1v) is 10.5. The molecule has 0 radical (unpaired) electrons. The number of aliphatic imine (C=N–C) groups is 1. The SMILES string of the molecule is CN=C(NCCCN1CCCN(C)CC1)NCC1(C(=O)N(C)C)CCCC1. The Hall–Kier alpha value is -1.34. The number of rotatable bonds is 7. The van der Waals surface area contributed by atoms with Gasteiger partial charge in [-0.05, 0) is 52.4 Å². The van der Waals surface area contributed by atoms with Crippen LogP contribution in [0, 0.1) is 5.41 Å². The minimum atomic E-state index is -0.265. The average molecular weight is 381 g/mol. The molecule has 0 unspecified atom stereocenters. The normalized spacial score (nSPS) is 21.7. The smallest absolute Gasteiger partial charge is 0.230 e. The summed E-state index contributed by atoms with van der Waals surface area (Å²) in [7, 11) is 7.72. The molecule has 156 valence electrons. The Morgan fingerprint density at radius 1 is 1.07 bits per heavy atom. The maximum atomic E-state index is 12.7. The van der Waals surface area contributed by atoms with E-state index in [1.54, 1.807) is 11.9 Å². The van der Waals surface area contributed by atoms with E-state index >= 15 is 0 Å². The quantitative estimate of drug-likeness (QED) is 0.389. The van der Waals surface area contributed by atoms with Crippen LogP contribution in [-0.4, -0.2) is 101 Å². The van der Waals surface area contributed by atoms with Crippen molar-refractivity contribution < 1.29 is 4.79 Å². The van der Waals surface area contributed by atoms with Crippen LogP contribution in [-0.2, 0) is 4.79 Å². The molecular formula is C20H40N6O. The molecule has 2 rings (SSSR count). The van der Waals surface area contributed by atoms with Crippen LogP contribution in [0.25, 0.3) is 0 Å². The van der Waals surface area contributed by atoms with Crippen LogP contribution in [0.3, 0.4) is 0 Å². The Morgan fingerprint density at radius 2 is 1.81 bits per heavy atom. The van der Waals surface area contributed by atoms with E-state index in [4.69, 9.17) is 0 Å². The van der Waals surface area contributed by atoms with Gasteiger partial charge in [-0.25, -0.2) is 0 Å². The third-order valence-electron chi connectivity index (χ3n) is 5.99. The van der Waals surface area contributed by atoms with Gasteiger partial charge in [-0.2, -0.15) is 0 Å². The molecule has 1 aliphatic heterocycles. The van der Waals surface area contributed by atoms with E-state index in [1.165, 1.54) is 32.6 Å². The number of guanidine groups is 1. The van der Waals surface area contributed by atoms with E-state index in [0.29, 0.717) is 6.54 Å². The molecule has 1 saturated heterocycles. The first-order chi connectivity index (χ1) is 13.0. The van der Waals surface area contributed by atoms with Gasteiger partial charge in [0.1, 0.15) is 0 Å². The highest BCUT2D eigenvalue weighted by Crippen LogP contribution is 2.38. The molecule has 0 aromatic carbocycles. The van der Waals surface area contributed by atoms with Crippen molar-refractivity contribution in [2.45, 2.75) is 38.5 Å². The number of amides is 1. The number of nitrogens with one attached hydrogen (secondary N) is 2. The van der Waals surface area contributed by atoms with Crippen molar-refractivity contribution >= 4 is 11.9 Å². The summed E-state index contributed by atoms with van der Waals surface area (Å²) in [6, 6.07) is 0. The second-order valence-corrected chi connectivity index (χ2v) is 8.39. The fraction of sp³-hybridized carbons (Fsp3) is 0.900. The summed E-state index contributed by atoms with van der Waals surface area (Å²) in [5.41, 5.74) is -0.265. The van der Waals surface area contributed by atoms with Gasteiger partial charge < -0.3 is 25.3 Å². The van der Waals surface area contributed by atoms with Gasteiger partial charge in [-0.15, -0.1) is 0 Å². The largest absolute Gasteiger partial charge is 0.356 e. The summed E-state index contributed by atoms with van der Waals surface area (Å²) < 4.78 is 0. The fourth-order valence-corrected chi connectivity index (χ4v) is 4.30. The Kier molecular flexibility index (Phi) is 8.83. The molecular weight excluding hydrogens is 340 g/mol. The number of carbonyl (C=O) groups excluding carboxylic acids is 1. The number of hydrogen-bond acceptors (Lipinski definition) is 4. The number of nitrogens with zero attached hydrogens (tertiary/aromatic N) is 4. The van der Waals surface area contributed by atoms with Gasteiger partial charge >= 0.3 is 0 Å².